The summed E-state index contributed by atoms with van der Waals surface area (Å²) in [6.45, 7) is -0.0186. The number of para-hydroxylation sites is 1. The van der Waals surface area contributed by atoms with Gasteiger partial charge in [-0.15, -0.1) is 0 Å². The third kappa shape index (κ3) is 5.98. The van der Waals surface area contributed by atoms with Gasteiger partial charge in [-0.2, -0.15) is 13.2 Å². The third-order valence-electron chi connectivity index (χ3n) is 5.40. The predicted molar refractivity (Wildman–Crippen MR) is 135 cm³/mol. The van der Waals surface area contributed by atoms with Crippen molar-refractivity contribution in [2.24, 2.45) is 0 Å². The fourth-order valence-electron chi connectivity index (χ4n) is 3.50. The van der Waals surface area contributed by atoms with Crippen LogP contribution in [0.5, 0.6) is 5.75 Å². The second kappa shape index (κ2) is 10.7. The van der Waals surface area contributed by atoms with Gasteiger partial charge in [0.2, 0.25) is 0 Å². The van der Waals surface area contributed by atoms with Crippen molar-refractivity contribution in [1.82, 2.24) is 4.90 Å². The minimum absolute atomic E-state index is 0.0186. The van der Waals surface area contributed by atoms with E-state index in [0.717, 1.165) is 34.9 Å². The van der Waals surface area contributed by atoms with Crippen molar-refractivity contribution < 1.29 is 32.3 Å². The van der Waals surface area contributed by atoms with Crippen molar-refractivity contribution in [3.05, 3.63) is 98.9 Å². The van der Waals surface area contributed by atoms with Gasteiger partial charge in [0.15, 0.2) is 0 Å². The van der Waals surface area contributed by atoms with Gasteiger partial charge in [0.25, 0.3) is 17.1 Å². The molecular formula is C26H18ClF3N2O4S. The molecule has 0 bridgehead atoms. The Labute approximate surface area is 219 Å². The molecule has 0 aromatic heterocycles. The standard InChI is InChI=1S/C26H18ClF3N2O4S/c1-36-21-5-3-2-4-17(21)12-22-24(34)32(25(35)37-22)14-15-6-8-16(9-7-15)23(33)31-20-13-18(26(28,29)30)10-11-19(20)27/h2-13H,14H2,1H3,(H,31,33)/b22-12-. The van der Waals surface area contributed by atoms with Gasteiger partial charge in [-0.25, -0.2) is 0 Å². The molecule has 3 aromatic carbocycles. The highest BCUT2D eigenvalue weighted by atomic mass is 35.5. The van der Waals surface area contributed by atoms with E-state index in [0.29, 0.717) is 16.9 Å². The number of hydrogen-bond donors (Lipinski definition) is 1. The molecular weight excluding hydrogens is 529 g/mol. The number of amides is 3. The summed E-state index contributed by atoms with van der Waals surface area (Å²) < 4.78 is 44.2. The normalized spacial score (nSPS) is 14.8. The highest BCUT2D eigenvalue weighted by Crippen LogP contribution is 2.35. The summed E-state index contributed by atoms with van der Waals surface area (Å²) in [5, 5.41) is 1.89. The van der Waals surface area contributed by atoms with Crippen molar-refractivity contribution in [2.75, 3.05) is 12.4 Å². The highest BCUT2D eigenvalue weighted by molar-refractivity contribution is 8.18. The quantitative estimate of drug-likeness (QED) is 0.342. The first-order valence-electron chi connectivity index (χ1n) is 10.7. The molecule has 1 aliphatic rings. The molecule has 37 heavy (non-hydrogen) atoms. The first-order valence-corrected chi connectivity index (χ1v) is 11.9. The average molecular weight is 547 g/mol. The second-order valence-corrected chi connectivity index (χ2v) is 9.25. The number of alkyl halides is 3. The van der Waals surface area contributed by atoms with Crippen LogP contribution >= 0.6 is 23.4 Å². The molecule has 1 aliphatic heterocycles. The van der Waals surface area contributed by atoms with E-state index in [9.17, 15) is 27.6 Å². The van der Waals surface area contributed by atoms with E-state index in [1.54, 1.807) is 42.5 Å². The van der Waals surface area contributed by atoms with Crippen molar-refractivity contribution in [3.8, 4) is 5.75 Å². The number of imide groups is 1. The highest BCUT2D eigenvalue weighted by Gasteiger charge is 2.35. The molecule has 0 saturated carbocycles. The second-order valence-electron chi connectivity index (χ2n) is 7.85. The lowest BCUT2D eigenvalue weighted by atomic mass is 10.1. The molecule has 190 valence electrons. The fourth-order valence-corrected chi connectivity index (χ4v) is 4.49. The van der Waals surface area contributed by atoms with E-state index in [-0.39, 0.29) is 27.7 Å². The molecule has 1 heterocycles. The number of carbonyl (C=O) groups is 3. The number of ether oxygens (including phenoxy) is 1. The molecule has 0 unspecified atom stereocenters. The number of benzene rings is 3. The van der Waals surface area contributed by atoms with Crippen molar-refractivity contribution >= 4 is 52.2 Å². The summed E-state index contributed by atoms with van der Waals surface area (Å²) in [5.41, 5.74) is 0.272. The Hall–Kier alpha value is -3.76. The van der Waals surface area contributed by atoms with Gasteiger partial charge >= 0.3 is 6.18 Å². The predicted octanol–water partition coefficient (Wildman–Crippen LogP) is 6.86. The lowest BCUT2D eigenvalue weighted by Crippen LogP contribution is -2.27. The van der Waals surface area contributed by atoms with Gasteiger partial charge in [-0.3, -0.25) is 19.3 Å². The number of methoxy groups -OCH3 is 1. The van der Waals surface area contributed by atoms with Gasteiger partial charge < -0.3 is 10.1 Å². The van der Waals surface area contributed by atoms with Crippen LogP contribution in [0.2, 0.25) is 5.02 Å². The SMILES string of the molecule is COc1ccccc1/C=C1\SC(=O)N(Cc2ccc(C(=O)Nc3cc(C(F)(F)F)ccc3Cl)cc2)C1=O. The van der Waals surface area contributed by atoms with Crippen LogP contribution in [0.4, 0.5) is 23.7 Å². The van der Waals surface area contributed by atoms with Crippen LogP contribution in [-0.4, -0.2) is 29.1 Å². The fraction of sp³-hybridized carbons (Fsp3) is 0.115. The number of thioether (sulfide) groups is 1. The van der Waals surface area contributed by atoms with Crippen LogP contribution in [0.3, 0.4) is 0 Å². The molecule has 3 amide bonds. The molecule has 4 rings (SSSR count). The summed E-state index contributed by atoms with van der Waals surface area (Å²) in [6, 6.07) is 15.7. The zero-order valence-corrected chi connectivity index (χ0v) is 20.7. The number of hydrogen-bond acceptors (Lipinski definition) is 5. The van der Waals surface area contributed by atoms with Crippen LogP contribution in [-0.2, 0) is 17.5 Å². The van der Waals surface area contributed by atoms with Crippen LogP contribution < -0.4 is 10.1 Å². The molecule has 6 nitrogen and oxygen atoms in total. The molecule has 0 atom stereocenters. The lowest BCUT2D eigenvalue weighted by Gasteiger charge is -2.14. The van der Waals surface area contributed by atoms with E-state index in [1.807, 2.05) is 0 Å². The maximum atomic E-state index is 13.0. The number of anilines is 1. The molecule has 1 saturated heterocycles. The first kappa shape index (κ1) is 26.3. The summed E-state index contributed by atoms with van der Waals surface area (Å²) in [4.78, 5) is 39.2. The van der Waals surface area contributed by atoms with Crippen LogP contribution in [0.1, 0.15) is 27.0 Å². The number of rotatable bonds is 6. The Kier molecular flexibility index (Phi) is 7.60. The maximum Gasteiger partial charge on any atom is 0.416 e. The smallest absolute Gasteiger partial charge is 0.416 e. The molecule has 0 radical (unpaired) electrons. The Bertz CT molecular complexity index is 1410. The number of nitrogens with zero attached hydrogens (tertiary/aromatic N) is 1. The Morgan fingerprint density at radius 1 is 1.08 bits per heavy atom. The topological polar surface area (TPSA) is 75.7 Å². The van der Waals surface area contributed by atoms with E-state index in [1.165, 1.54) is 19.2 Å². The van der Waals surface area contributed by atoms with E-state index >= 15 is 0 Å². The molecule has 1 N–H and O–H groups in total. The molecule has 11 heteroatoms. The van der Waals surface area contributed by atoms with E-state index in [2.05, 4.69) is 5.32 Å². The Morgan fingerprint density at radius 2 is 1.78 bits per heavy atom. The number of nitrogens with one attached hydrogen (secondary N) is 1. The molecule has 3 aromatic rings. The molecule has 0 aliphatic carbocycles. The average Bonchev–Trinajstić information content (AvgIpc) is 3.12. The number of halogens is 4. The van der Waals surface area contributed by atoms with Crippen LogP contribution in [0.15, 0.2) is 71.6 Å². The number of carbonyl (C=O) groups excluding carboxylic acids is 3. The van der Waals surface area contributed by atoms with Gasteiger partial charge in [0.05, 0.1) is 34.8 Å². The zero-order valence-electron chi connectivity index (χ0n) is 19.1. The molecule has 0 spiro atoms. The summed E-state index contributed by atoms with van der Waals surface area (Å²) in [6.07, 6.45) is -2.99. The Balaban J connectivity index is 1.45. The van der Waals surface area contributed by atoms with Gasteiger partial charge in [0, 0.05) is 11.1 Å². The first-order chi connectivity index (χ1) is 17.6. The van der Waals surface area contributed by atoms with Gasteiger partial charge in [0.1, 0.15) is 5.75 Å². The van der Waals surface area contributed by atoms with Crippen molar-refractivity contribution in [1.29, 1.82) is 0 Å². The van der Waals surface area contributed by atoms with Crippen LogP contribution in [0.25, 0.3) is 6.08 Å². The van der Waals surface area contributed by atoms with Gasteiger partial charge in [-0.05, 0) is 59.8 Å². The Morgan fingerprint density at radius 3 is 2.46 bits per heavy atom. The third-order valence-corrected chi connectivity index (χ3v) is 6.63. The minimum atomic E-state index is -4.59. The maximum absolute atomic E-state index is 13.0. The largest absolute Gasteiger partial charge is 0.496 e. The van der Waals surface area contributed by atoms with Gasteiger partial charge in [-0.1, -0.05) is 41.9 Å². The minimum Gasteiger partial charge on any atom is -0.496 e. The van der Waals surface area contributed by atoms with E-state index in [4.69, 9.17) is 16.3 Å². The van der Waals surface area contributed by atoms with Crippen molar-refractivity contribution in [2.45, 2.75) is 12.7 Å². The zero-order chi connectivity index (χ0) is 26.7. The summed E-state index contributed by atoms with van der Waals surface area (Å²) >= 11 is 6.76. The summed E-state index contributed by atoms with van der Waals surface area (Å²) in [5.74, 6) is -0.560. The van der Waals surface area contributed by atoms with Crippen molar-refractivity contribution in [3.63, 3.8) is 0 Å². The monoisotopic (exact) mass is 546 g/mol. The summed E-state index contributed by atoms with van der Waals surface area (Å²) in [7, 11) is 1.51. The van der Waals surface area contributed by atoms with Crippen LogP contribution in [0, 0.1) is 0 Å². The lowest BCUT2D eigenvalue weighted by molar-refractivity contribution is -0.137. The molecule has 1 fully saturated rings. The van der Waals surface area contributed by atoms with E-state index < -0.39 is 28.8 Å².